The Labute approximate surface area is 118 Å². The number of unbranched alkanes of at least 4 members (excludes halogenated alkanes) is 2. The molecule has 0 aromatic carbocycles. The van der Waals surface area contributed by atoms with E-state index in [4.69, 9.17) is 0 Å². The maximum atomic E-state index is 4.27. The van der Waals surface area contributed by atoms with Crippen molar-refractivity contribution in [1.82, 2.24) is 10.3 Å². The lowest BCUT2D eigenvalue weighted by Gasteiger charge is -2.25. The van der Waals surface area contributed by atoms with Crippen LogP contribution in [0, 0.1) is 0 Å². The van der Waals surface area contributed by atoms with Gasteiger partial charge in [-0.05, 0) is 38.8 Å². The molecular formula is C16H29N3. The summed E-state index contributed by atoms with van der Waals surface area (Å²) < 4.78 is 0. The SMILES string of the molecule is CCCCCN(C)c1cnccc1CNC(C)(C)C. The number of hydrogen-bond acceptors (Lipinski definition) is 3. The van der Waals surface area contributed by atoms with Crippen LogP contribution in [0.3, 0.4) is 0 Å². The van der Waals surface area contributed by atoms with E-state index in [1.165, 1.54) is 30.5 Å². The first-order valence-electron chi connectivity index (χ1n) is 7.33. The maximum Gasteiger partial charge on any atom is 0.0595 e. The van der Waals surface area contributed by atoms with Crippen LogP contribution in [0.25, 0.3) is 0 Å². The van der Waals surface area contributed by atoms with Crippen LogP contribution in [0.1, 0.15) is 52.5 Å². The Bertz CT molecular complexity index is 369. The van der Waals surface area contributed by atoms with Crippen LogP contribution >= 0.6 is 0 Å². The molecule has 19 heavy (non-hydrogen) atoms. The van der Waals surface area contributed by atoms with Crippen LogP contribution in [0.5, 0.6) is 0 Å². The number of nitrogens with zero attached hydrogens (tertiary/aromatic N) is 2. The van der Waals surface area contributed by atoms with Gasteiger partial charge in [0.1, 0.15) is 0 Å². The molecule has 3 nitrogen and oxygen atoms in total. The first-order chi connectivity index (χ1) is 8.94. The summed E-state index contributed by atoms with van der Waals surface area (Å²) in [7, 11) is 2.16. The molecule has 1 N–H and O–H groups in total. The van der Waals surface area contributed by atoms with E-state index in [1.54, 1.807) is 0 Å². The minimum atomic E-state index is 0.140. The molecule has 0 saturated heterocycles. The largest absolute Gasteiger partial charge is 0.373 e. The summed E-state index contributed by atoms with van der Waals surface area (Å²) in [4.78, 5) is 6.59. The molecule has 1 aromatic heterocycles. The van der Waals surface area contributed by atoms with Crippen LogP contribution in [0.4, 0.5) is 5.69 Å². The first kappa shape index (κ1) is 16.0. The van der Waals surface area contributed by atoms with Crippen LogP contribution in [-0.4, -0.2) is 24.1 Å². The van der Waals surface area contributed by atoms with Gasteiger partial charge in [-0.25, -0.2) is 0 Å². The van der Waals surface area contributed by atoms with E-state index in [1.807, 2.05) is 12.4 Å². The van der Waals surface area contributed by atoms with Crippen molar-refractivity contribution < 1.29 is 0 Å². The van der Waals surface area contributed by atoms with Crippen molar-refractivity contribution in [1.29, 1.82) is 0 Å². The molecule has 0 spiro atoms. The molecule has 0 fully saturated rings. The van der Waals surface area contributed by atoms with Gasteiger partial charge in [-0.3, -0.25) is 4.98 Å². The van der Waals surface area contributed by atoms with Gasteiger partial charge in [0.15, 0.2) is 0 Å². The Hall–Kier alpha value is -1.09. The highest BCUT2D eigenvalue weighted by Crippen LogP contribution is 2.19. The lowest BCUT2D eigenvalue weighted by molar-refractivity contribution is 0.424. The Balaban J connectivity index is 2.66. The molecule has 0 aliphatic carbocycles. The summed E-state index contributed by atoms with van der Waals surface area (Å²) in [6.45, 7) is 10.8. The van der Waals surface area contributed by atoms with Crippen molar-refractivity contribution in [2.45, 2.75) is 59.0 Å². The number of hydrogen-bond donors (Lipinski definition) is 1. The lowest BCUT2D eigenvalue weighted by Crippen LogP contribution is -2.35. The number of nitrogens with one attached hydrogen (secondary N) is 1. The van der Waals surface area contributed by atoms with E-state index in [9.17, 15) is 0 Å². The smallest absolute Gasteiger partial charge is 0.0595 e. The predicted molar refractivity (Wildman–Crippen MR) is 83.6 cm³/mol. The quantitative estimate of drug-likeness (QED) is 0.762. The van der Waals surface area contributed by atoms with Crippen LogP contribution in [0.2, 0.25) is 0 Å². The molecule has 0 bridgehead atoms. The molecule has 1 heterocycles. The molecule has 0 aliphatic heterocycles. The highest BCUT2D eigenvalue weighted by Gasteiger charge is 2.12. The monoisotopic (exact) mass is 263 g/mol. The summed E-state index contributed by atoms with van der Waals surface area (Å²) in [5, 5.41) is 3.55. The van der Waals surface area contributed by atoms with Gasteiger partial charge in [0.05, 0.1) is 11.9 Å². The Morgan fingerprint density at radius 2 is 2.00 bits per heavy atom. The van der Waals surface area contributed by atoms with E-state index in [0.717, 1.165) is 13.1 Å². The van der Waals surface area contributed by atoms with Gasteiger partial charge in [-0.15, -0.1) is 0 Å². The lowest BCUT2D eigenvalue weighted by atomic mass is 10.1. The topological polar surface area (TPSA) is 28.2 Å². The summed E-state index contributed by atoms with van der Waals surface area (Å²) in [6.07, 6.45) is 7.65. The van der Waals surface area contributed by atoms with E-state index in [2.05, 4.69) is 56.0 Å². The average molecular weight is 263 g/mol. The van der Waals surface area contributed by atoms with Crippen LogP contribution in [0.15, 0.2) is 18.5 Å². The van der Waals surface area contributed by atoms with Crippen molar-refractivity contribution in [3.63, 3.8) is 0 Å². The zero-order valence-electron chi connectivity index (χ0n) is 13.2. The van der Waals surface area contributed by atoms with Crippen LogP contribution in [-0.2, 0) is 6.54 Å². The molecule has 0 radical (unpaired) electrons. The summed E-state index contributed by atoms with van der Waals surface area (Å²) in [6, 6.07) is 2.12. The van der Waals surface area contributed by atoms with Crippen molar-refractivity contribution in [2.24, 2.45) is 0 Å². The van der Waals surface area contributed by atoms with Gasteiger partial charge in [-0.1, -0.05) is 19.8 Å². The van der Waals surface area contributed by atoms with E-state index < -0.39 is 0 Å². The zero-order valence-corrected chi connectivity index (χ0v) is 13.2. The van der Waals surface area contributed by atoms with Crippen molar-refractivity contribution >= 4 is 5.69 Å². The fraction of sp³-hybridized carbons (Fsp3) is 0.688. The number of rotatable bonds is 7. The van der Waals surface area contributed by atoms with Crippen LogP contribution < -0.4 is 10.2 Å². The Kier molecular flexibility index (Phi) is 6.29. The zero-order chi connectivity index (χ0) is 14.3. The highest BCUT2D eigenvalue weighted by molar-refractivity contribution is 5.50. The van der Waals surface area contributed by atoms with Gasteiger partial charge in [0, 0.05) is 31.9 Å². The number of aromatic nitrogens is 1. The Morgan fingerprint density at radius 3 is 2.63 bits per heavy atom. The molecule has 108 valence electrons. The molecule has 0 atom stereocenters. The number of pyridine rings is 1. The fourth-order valence-corrected chi connectivity index (χ4v) is 1.99. The molecular weight excluding hydrogens is 234 g/mol. The first-order valence-corrected chi connectivity index (χ1v) is 7.33. The second-order valence-corrected chi connectivity index (χ2v) is 6.24. The van der Waals surface area contributed by atoms with Gasteiger partial charge >= 0.3 is 0 Å². The van der Waals surface area contributed by atoms with Gasteiger partial charge in [0.2, 0.25) is 0 Å². The van der Waals surface area contributed by atoms with E-state index in [-0.39, 0.29) is 5.54 Å². The molecule has 1 aromatic rings. The Morgan fingerprint density at radius 1 is 1.26 bits per heavy atom. The molecule has 0 amide bonds. The molecule has 0 saturated carbocycles. The molecule has 0 unspecified atom stereocenters. The molecule has 1 rings (SSSR count). The minimum Gasteiger partial charge on any atom is -0.373 e. The second-order valence-electron chi connectivity index (χ2n) is 6.24. The molecule has 0 aliphatic rings. The van der Waals surface area contributed by atoms with E-state index in [0.29, 0.717) is 0 Å². The van der Waals surface area contributed by atoms with E-state index >= 15 is 0 Å². The van der Waals surface area contributed by atoms with Crippen molar-refractivity contribution in [2.75, 3.05) is 18.5 Å². The van der Waals surface area contributed by atoms with Crippen molar-refractivity contribution in [3.05, 3.63) is 24.0 Å². The summed E-state index contributed by atoms with van der Waals surface area (Å²) in [5.41, 5.74) is 2.71. The average Bonchev–Trinajstić information content (AvgIpc) is 2.36. The predicted octanol–water partition coefficient (Wildman–Crippen LogP) is 3.60. The minimum absolute atomic E-state index is 0.140. The van der Waals surface area contributed by atoms with Gasteiger partial charge < -0.3 is 10.2 Å². The van der Waals surface area contributed by atoms with Gasteiger partial charge in [-0.2, -0.15) is 0 Å². The summed E-state index contributed by atoms with van der Waals surface area (Å²) >= 11 is 0. The third-order valence-electron chi connectivity index (χ3n) is 3.21. The van der Waals surface area contributed by atoms with Gasteiger partial charge in [0.25, 0.3) is 0 Å². The second kappa shape index (κ2) is 7.49. The standard InChI is InChI=1S/C16H29N3/c1-6-7-8-11-19(5)15-13-17-10-9-14(15)12-18-16(2,3)4/h9-10,13,18H,6-8,11-12H2,1-5H3. The highest BCUT2D eigenvalue weighted by atomic mass is 15.1. The maximum absolute atomic E-state index is 4.27. The van der Waals surface area contributed by atoms with Crippen molar-refractivity contribution in [3.8, 4) is 0 Å². The normalized spacial score (nSPS) is 11.6. The fourth-order valence-electron chi connectivity index (χ4n) is 1.99. The molecule has 3 heteroatoms. The third kappa shape index (κ3) is 6.06. The summed E-state index contributed by atoms with van der Waals surface area (Å²) in [5.74, 6) is 0. The number of anilines is 1. The third-order valence-corrected chi connectivity index (χ3v) is 3.21.